The summed E-state index contributed by atoms with van der Waals surface area (Å²) in [6.45, 7) is 4.43. The maximum atomic E-state index is 12.6. The van der Waals surface area contributed by atoms with E-state index in [1.54, 1.807) is 13.0 Å². The number of benzene rings is 2. The number of sulfone groups is 1. The van der Waals surface area contributed by atoms with Crippen molar-refractivity contribution >= 4 is 21.8 Å². The summed E-state index contributed by atoms with van der Waals surface area (Å²) in [5.41, 5.74) is 4.15. The maximum absolute atomic E-state index is 12.6. The van der Waals surface area contributed by atoms with Crippen molar-refractivity contribution in [1.82, 2.24) is 15.1 Å². The van der Waals surface area contributed by atoms with E-state index >= 15 is 0 Å². The SMILES string of the molecule is Cc1ccc(-c2nn(Cc3ccccc3)cc2/C=C/C(=O)NC2(C)CCS(=O)(=O)C2)cc1. The molecular weight excluding hydrogens is 422 g/mol. The highest BCUT2D eigenvalue weighted by atomic mass is 32.2. The van der Waals surface area contributed by atoms with Gasteiger partial charge in [0.2, 0.25) is 5.91 Å². The Kier molecular flexibility index (Phi) is 6.02. The molecule has 1 aliphatic heterocycles. The Balaban J connectivity index is 1.58. The molecule has 6 nitrogen and oxygen atoms in total. The summed E-state index contributed by atoms with van der Waals surface area (Å²) in [6, 6.07) is 18.2. The lowest BCUT2D eigenvalue weighted by molar-refractivity contribution is -0.117. The third kappa shape index (κ3) is 5.34. The molecule has 166 valence electrons. The zero-order chi connectivity index (χ0) is 22.8. The summed E-state index contributed by atoms with van der Waals surface area (Å²) in [5, 5.41) is 7.64. The smallest absolute Gasteiger partial charge is 0.244 e. The minimum atomic E-state index is -3.09. The standard InChI is InChI=1S/C25H27N3O3S/c1-19-8-10-21(11-9-19)24-22(17-28(27-24)16-20-6-4-3-5-7-20)12-13-23(29)26-25(2)14-15-32(30,31)18-25/h3-13,17H,14-16,18H2,1-2H3,(H,26,29)/b13-12+. The van der Waals surface area contributed by atoms with Crippen LogP contribution >= 0.6 is 0 Å². The van der Waals surface area contributed by atoms with E-state index in [-0.39, 0.29) is 17.4 Å². The number of rotatable bonds is 6. The van der Waals surface area contributed by atoms with Gasteiger partial charge in [0.15, 0.2) is 9.84 Å². The number of carbonyl (C=O) groups excluding carboxylic acids is 1. The molecular formula is C25H27N3O3S. The summed E-state index contributed by atoms with van der Waals surface area (Å²) >= 11 is 0. The predicted octanol–water partition coefficient (Wildman–Crippen LogP) is 3.61. The highest BCUT2D eigenvalue weighted by molar-refractivity contribution is 7.91. The van der Waals surface area contributed by atoms with Crippen molar-refractivity contribution in [3.8, 4) is 11.3 Å². The molecule has 2 heterocycles. The molecule has 1 aromatic heterocycles. The Hall–Kier alpha value is -3.19. The Labute approximate surface area is 188 Å². The van der Waals surface area contributed by atoms with Crippen molar-refractivity contribution in [3.05, 3.63) is 83.6 Å². The zero-order valence-corrected chi connectivity index (χ0v) is 19.1. The molecule has 2 aromatic carbocycles. The monoisotopic (exact) mass is 449 g/mol. The zero-order valence-electron chi connectivity index (χ0n) is 18.3. The van der Waals surface area contributed by atoms with Crippen molar-refractivity contribution in [2.45, 2.75) is 32.4 Å². The lowest BCUT2D eigenvalue weighted by Gasteiger charge is -2.22. The average molecular weight is 450 g/mol. The van der Waals surface area contributed by atoms with E-state index in [1.807, 2.05) is 72.4 Å². The van der Waals surface area contributed by atoms with Crippen LogP contribution in [0.3, 0.4) is 0 Å². The summed E-state index contributed by atoms with van der Waals surface area (Å²) in [6.07, 6.45) is 5.55. The highest BCUT2D eigenvalue weighted by Crippen LogP contribution is 2.25. The Morgan fingerprint density at radius 3 is 2.53 bits per heavy atom. The van der Waals surface area contributed by atoms with Gasteiger partial charge < -0.3 is 5.32 Å². The molecule has 1 aliphatic rings. The maximum Gasteiger partial charge on any atom is 0.244 e. The second kappa shape index (κ2) is 8.74. The van der Waals surface area contributed by atoms with Gasteiger partial charge in [0.1, 0.15) is 0 Å². The minimum absolute atomic E-state index is 0.0246. The quantitative estimate of drug-likeness (QED) is 0.583. The number of aryl methyl sites for hydroxylation is 1. The Bertz CT molecular complexity index is 1250. The van der Waals surface area contributed by atoms with E-state index in [0.717, 1.165) is 27.9 Å². The van der Waals surface area contributed by atoms with Gasteiger partial charge in [-0.15, -0.1) is 0 Å². The van der Waals surface area contributed by atoms with Crippen LogP contribution < -0.4 is 5.32 Å². The average Bonchev–Trinajstić information content (AvgIpc) is 3.27. The van der Waals surface area contributed by atoms with Crippen LogP contribution in [0, 0.1) is 6.92 Å². The van der Waals surface area contributed by atoms with Gasteiger partial charge in [-0.1, -0.05) is 60.2 Å². The van der Waals surface area contributed by atoms with Crippen LogP contribution in [-0.4, -0.2) is 41.2 Å². The van der Waals surface area contributed by atoms with E-state index in [4.69, 9.17) is 5.10 Å². The molecule has 4 rings (SSSR count). The predicted molar refractivity (Wildman–Crippen MR) is 127 cm³/mol. The third-order valence-corrected chi connectivity index (χ3v) is 7.55. The van der Waals surface area contributed by atoms with Gasteiger partial charge in [0, 0.05) is 23.4 Å². The topological polar surface area (TPSA) is 81.1 Å². The number of hydrogen-bond acceptors (Lipinski definition) is 4. The lowest BCUT2D eigenvalue weighted by Crippen LogP contribution is -2.46. The molecule has 1 N–H and O–H groups in total. The fourth-order valence-corrected chi connectivity index (χ4v) is 6.05. The lowest BCUT2D eigenvalue weighted by atomic mass is 10.0. The van der Waals surface area contributed by atoms with Crippen molar-refractivity contribution in [2.24, 2.45) is 0 Å². The fraction of sp³-hybridized carbons (Fsp3) is 0.280. The summed E-state index contributed by atoms with van der Waals surface area (Å²) < 4.78 is 25.5. The normalized spacial score (nSPS) is 19.9. The molecule has 0 aliphatic carbocycles. The van der Waals surface area contributed by atoms with Crippen LogP contribution in [0.25, 0.3) is 17.3 Å². The van der Waals surface area contributed by atoms with Crippen LogP contribution in [0.15, 0.2) is 66.9 Å². The first kappa shape index (κ1) is 22.0. The number of amides is 1. The first-order chi connectivity index (χ1) is 15.2. The molecule has 7 heteroatoms. The van der Waals surface area contributed by atoms with Crippen LogP contribution in [0.2, 0.25) is 0 Å². The molecule has 32 heavy (non-hydrogen) atoms. The van der Waals surface area contributed by atoms with Gasteiger partial charge in [-0.2, -0.15) is 5.10 Å². The van der Waals surface area contributed by atoms with E-state index in [0.29, 0.717) is 13.0 Å². The largest absolute Gasteiger partial charge is 0.346 e. The highest BCUT2D eigenvalue weighted by Gasteiger charge is 2.39. The first-order valence-electron chi connectivity index (χ1n) is 10.6. The number of nitrogens with one attached hydrogen (secondary N) is 1. The van der Waals surface area contributed by atoms with E-state index in [1.165, 1.54) is 6.08 Å². The minimum Gasteiger partial charge on any atom is -0.346 e. The number of aromatic nitrogens is 2. The van der Waals surface area contributed by atoms with Crippen molar-refractivity contribution in [2.75, 3.05) is 11.5 Å². The number of nitrogens with zero attached hydrogens (tertiary/aromatic N) is 2. The van der Waals surface area contributed by atoms with Gasteiger partial charge in [-0.25, -0.2) is 8.42 Å². The Morgan fingerprint density at radius 1 is 1.16 bits per heavy atom. The second-order valence-corrected chi connectivity index (χ2v) is 10.9. The summed E-state index contributed by atoms with van der Waals surface area (Å²) in [7, 11) is -3.09. The first-order valence-corrected chi connectivity index (χ1v) is 12.4. The summed E-state index contributed by atoms with van der Waals surface area (Å²) in [4.78, 5) is 12.6. The van der Waals surface area contributed by atoms with Gasteiger partial charge in [0.05, 0.1) is 29.3 Å². The molecule has 1 fully saturated rings. The van der Waals surface area contributed by atoms with Crippen LogP contribution in [0.5, 0.6) is 0 Å². The molecule has 0 saturated carbocycles. The van der Waals surface area contributed by atoms with Crippen molar-refractivity contribution in [1.29, 1.82) is 0 Å². The molecule has 0 radical (unpaired) electrons. The van der Waals surface area contributed by atoms with Crippen molar-refractivity contribution < 1.29 is 13.2 Å². The van der Waals surface area contributed by atoms with E-state index < -0.39 is 15.4 Å². The second-order valence-electron chi connectivity index (χ2n) is 8.71. The molecule has 1 atom stereocenters. The molecule has 1 amide bonds. The summed E-state index contributed by atoms with van der Waals surface area (Å²) in [5.74, 6) is -0.226. The van der Waals surface area contributed by atoms with Gasteiger partial charge in [-0.05, 0) is 31.9 Å². The number of carbonyl (C=O) groups is 1. The van der Waals surface area contributed by atoms with Crippen LogP contribution in [0.4, 0.5) is 0 Å². The molecule has 0 spiro atoms. The van der Waals surface area contributed by atoms with E-state index in [2.05, 4.69) is 5.32 Å². The molecule has 1 saturated heterocycles. The molecule has 0 bridgehead atoms. The van der Waals surface area contributed by atoms with Crippen LogP contribution in [0.1, 0.15) is 30.0 Å². The fourth-order valence-electron chi connectivity index (χ4n) is 3.96. The number of hydrogen-bond donors (Lipinski definition) is 1. The van der Waals surface area contributed by atoms with Gasteiger partial charge >= 0.3 is 0 Å². The molecule has 1 unspecified atom stereocenters. The third-order valence-electron chi connectivity index (χ3n) is 5.64. The molecule has 3 aromatic rings. The van der Waals surface area contributed by atoms with Gasteiger partial charge in [-0.3, -0.25) is 9.48 Å². The van der Waals surface area contributed by atoms with E-state index in [9.17, 15) is 13.2 Å². The Morgan fingerprint density at radius 2 is 1.88 bits per heavy atom. The van der Waals surface area contributed by atoms with Crippen molar-refractivity contribution in [3.63, 3.8) is 0 Å². The van der Waals surface area contributed by atoms with Crippen LogP contribution in [-0.2, 0) is 21.2 Å². The van der Waals surface area contributed by atoms with Gasteiger partial charge in [0.25, 0.3) is 0 Å².